The summed E-state index contributed by atoms with van der Waals surface area (Å²) in [5.74, 6) is -0.509. The lowest BCUT2D eigenvalue weighted by atomic mass is 9.95. The standard InChI is InChI=1S/C29H17BrF3NO4S/c30-27-25(38-39(35,36)29(31,32)33)16-22(19-11-7-14-23(26(19)27)34-17-8-2-1-3-9-17)21-13-6-12-20-18-10-4-5-15-24(18)37-28(20)21/h1-16,34H. The predicted octanol–water partition coefficient (Wildman–Crippen LogP) is 9.14. The lowest BCUT2D eigenvalue weighted by Gasteiger charge is -2.18. The van der Waals surface area contributed by atoms with Crippen molar-refractivity contribution in [3.8, 4) is 16.9 Å². The normalized spacial score (nSPS) is 12.3. The first-order valence-corrected chi connectivity index (χ1v) is 13.8. The summed E-state index contributed by atoms with van der Waals surface area (Å²) in [5.41, 5.74) is -2.21. The average molecular weight is 612 g/mol. The van der Waals surface area contributed by atoms with E-state index in [-0.39, 0.29) is 4.47 Å². The number of anilines is 2. The molecule has 1 aromatic heterocycles. The fourth-order valence-corrected chi connectivity index (χ4v) is 5.79. The molecule has 0 aliphatic heterocycles. The van der Waals surface area contributed by atoms with E-state index >= 15 is 0 Å². The second-order valence-electron chi connectivity index (χ2n) is 8.72. The maximum atomic E-state index is 13.3. The molecule has 5 aromatic carbocycles. The quantitative estimate of drug-likeness (QED) is 0.155. The average Bonchev–Trinajstić information content (AvgIpc) is 3.29. The maximum absolute atomic E-state index is 13.3. The van der Waals surface area contributed by atoms with Gasteiger partial charge >= 0.3 is 15.6 Å². The van der Waals surface area contributed by atoms with Gasteiger partial charge in [-0.25, -0.2) is 0 Å². The Morgan fingerprint density at radius 1 is 0.769 bits per heavy atom. The fraction of sp³-hybridized carbons (Fsp3) is 0.0345. The molecule has 10 heteroatoms. The predicted molar refractivity (Wildman–Crippen MR) is 150 cm³/mol. The molecule has 0 amide bonds. The Hall–Kier alpha value is -4.02. The Morgan fingerprint density at radius 2 is 1.44 bits per heavy atom. The highest BCUT2D eigenvalue weighted by Gasteiger charge is 2.49. The molecule has 0 bridgehead atoms. The molecule has 0 atom stereocenters. The molecule has 0 radical (unpaired) electrons. The van der Waals surface area contributed by atoms with Gasteiger partial charge in [-0.15, -0.1) is 0 Å². The van der Waals surface area contributed by atoms with E-state index in [1.165, 1.54) is 6.07 Å². The SMILES string of the molecule is O=S(=O)(Oc1cc(-c2cccc3c2oc2ccccc23)c2cccc(Nc3ccccc3)c2c1Br)C(F)(F)F. The second-order valence-corrected chi connectivity index (χ2v) is 11.0. The first-order valence-electron chi connectivity index (χ1n) is 11.6. The Morgan fingerprint density at radius 3 is 2.21 bits per heavy atom. The third-order valence-corrected chi connectivity index (χ3v) is 8.05. The Balaban J connectivity index is 1.67. The zero-order chi connectivity index (χ0) is 27.4. The first kappa shape index (κ1) is 25.3. The number of fused-ring (bicyclic) bond motifs is 4. The van der Waals surface area contributed by atoms with Crippen molar-refractivity contribution in [2.45, 2.75) is 5.51 Å². The van der Waals surface area contributed by atoms with Gasteiger partial charge in [0.1, 0.15) is 11.2 Å². The van der Waals surface area contributed by atoms with Crippen LogP contribution in [0.1, 0.15) is 0 Å². The molecule has 0 saturated carbocycles. The summed E-state index contributed by atoms with van der Waals surface area (Å²) < 4.78 is 75.0. The monoisotopic (exact) mass is 611 g/mol. The van der Waals surface area contributed by atoms with Gasteiger partial charge in [0.2, 0.25) is 0 Å². The highest BCUT2D eigenvalue weighted by atomic mass is 79.9. The van der Waals surface area contributed by atoms with Crippen LogP contribution in [0.15, 0.2) is 106 Å². The van der Waals surface area contributed by atoms with E-state index in [4.69, 9.17) is 4.42 Å². The zero-order valence-corrected chi connectivity index (χ0v) is 22.2. The van der Waals surface area contributed by atoms with Crippen molar-refractivity contribution in [2.75, 3.05) is 5.32 Å². The summed E-state index contributed by atoms with van der Waals surface area (Å²) >= 11 is 3.33. The van der Waals surface area contributed by atoms with E-state index in [1.807, 2.05) is 66.7 Å². The number of alkyl halides is 3. The van der Waals surface area contributed by atoms with Gasteiger partial charge in [-0.1, -0.05) is 66.7 Å². The van der Waals surface area contributed by atoms with E-state index in [9.17, 15) is 21.6 Å². The molecule has 39 heavy (non-hydrogen) atoms. The van der Waals surface area contributed by atoms with Crippen LogP contribution < -0.4 is 9.50 Å². The van der Waals surface area contributed by atoms with Crippen molar-refractivity contribution in [3.05, 3.63) is 102 Å². The van der Waals surface area contributed by atoms with Gasteiger partial charge in [0, 0.05) is 33.1 Å². The van der Waals surface area contributed by atoms with Crippen molar-refractivity contribution in [1.29, 1.82) is 0 Å². The molecular formula is C29H17BrF3NO4S. The Bertz CT molecular complexity index is 1990. The minimum absolute atomic E-state index is 0.0462. The molecule has 6 rings (SSSR count). The topological polar surface area (TPSA) is 68.5 Å². The highest BCUT2D eigenvalue weighted by molar-refractivity contribution is 9.10. The molecule has 0 fully saturated rings. The van der Waals surface area contributed by atoms with Crippen LogP contribution in [0.4, 0.5) is 24.5 Å². The molecule has 1 N–H and O–H groups in total. The zero-order valence-electron chi connectivity index (χ0n) is 19.8. The molecule has 0 spiro atoms. The van der Waals surface area contributed by atoms with Crippen LogP contribution >= 0.6 is 15.9 Å². The third-order valence-electron chi connectivity index (χ3n) is 6.30. The molecule has 6 aromatic rings. The van der Waals surface area contributed by atoms with Crippen molar-refractivity contribution in [3.63, 3.8) is 0 Å². The van der Waals surface area contributed by atoms with Gasteiger partial charge in [-0.2, -0.15) is 21.6 Å². The van der Waals surface area contributed by atoms with E-state index in [1.54, 1.807) is 24.3 Å². The molecule has 0 saturated heterocycles. The van der Waals surface area contributed by atoms with Crippen LogP contribution in [0.3, 0.4) is 0 Å². The third kappa shape index (κ3) is 4.39. The lowest BCUT2D eigenvalue weighted by Crippen LogP contribution is -2.28. The summed E-state index contributed by atoms with van der Waals surface area (Å²) in [5, 5.41) is 6.01. The van der Waals surface area contributed by atoms with Gasteiger partial charge in [-0.3, -0.25) is 0 Å². The summed E-state index contributed by atoms with van der Waals surface area (Å²) in [6.45, 7) is 0. The van der Waals surface area contributed by atoms with Gasteiger partial charge in [-0.05, 0) is 57.2 Å². The second kappa shape index (κ2) is 9.32. The van der Waals surface area contributed by atoms with Crippen LogP contribution in [-0.2, 0) is 10.1 Å². The lowest BCUT2D eigenvalue weighted by molar-refractivity contribution is -0.0500. The van der Waals surface area contributed by atoms with Gasteiger partial charge in [0.25, 0.3) is 0 Å². The number of furan rings is 1. The molecule has 0 aliphatic carbocycles. The number of para-hydroxylation sites is 3. The van der Waals surface area contributed by atoms with Crippen LogP contribution in [0.25, 0.3) is 43.8 Å². The van der Waals surface area contributed by atoms with E-state index in [2.05, 4.69) is 25.4 Å². The van der Waals surface area contributed by atoms with Crippen molar-refractivity contribution in [2.24, 2.45) is 0 Å². The summed E-state index contributed by atoms with van der Waals surface area (Å²) in [6, 6.07) is 28.7. The van der Waals surface area contributed by atoms with Crippen LogP contribution in [0.2, 0.25) is 0 Å². The molecule has 0 aliphatic rings. The van der Waals surface area contributed by atoms with Gasteiger partial charge < -0.3 is 13.9 Å². The van der Waals surface area contributed by atoms with Crippen LogP contribution in [0.5, 0.6) is 5.75 Å². The molecular weight excluding hydrogens is 595 g/mol. The highest BCUT2D eigenvalue weighted by Crippen LogP contribution is 2.47. The Kier molecular flexibility index (Phi) is 6.04. The van der Waals surface area contributed by atoms with Crippen LogP contribution in [0, 0.1) is 0 Å². The number of rotatable bonds is 5. The maximum Gasteiger partial charge on any atom is 0.534 e. The van der Waals surface area contributed by atoms with Crippen LogP contribution in [-0.4, -0.2) is 13.9 Å². The Labute approximate surface area is 229 Å². The summed E-state index contributed by atoms with van der Waals surface area (Å²) in [7, 11) is -5.95. The number of hydrogen-bond acceptors (Lipinski definition) is 5. The molecule has 0 unspecified atom stereocenters. The van der Waals surface area contributed by atoms with E-state index < -0.39 is 21.4 Å². The number of halogens is 4. The smallest absolute Gasteiger partial charge is 0.455 e. The van der Waals surface area contributed by atoms with E-state index in [0.29, 0.717) is 38.8 Å². The summed E-state index contributed by atoms with van der Waals surface area (Å²) in [4.78, 5) is 0. The van der Waals surface area contributed by atoms with Crippen molar-refractivity contribution in [1.82, 2.24) is 0 Å². The van der Waals surface area contributed by atoms with Crippen molar-refractivity contribution < 1.29 is 30.2 Å². The largest absolute Gasteiger partial charge is 0.534 e. The van der Waals surface area contributed by atoms with Crippen molar-refractivity contribution >= 4 is 70.1 Å². The summed E-state index contributed by atoms with van der Waals surface area (Å²) in [6.07, 6.45) is 0. The van der Waals surface area contributed by atoms with E-state index in [0.717, 1.165) is 16.5 Å². The minimum Gasteiger partial charge on any atom is -0.455 e. The van der Waals surface area contributed by atoms with Gasteiger partial charge in [0.15, 0.2) is 5.75 Å². The molecule has 5 nitrogen and oxygen atoms in total. The number of hydrogen-bond donors (Lipinski definition) is 1. The molecule has 196 valence electrons. The fourth-order valence-electron chi connectivity index (χ4n) is 4.60. The minimum atomic E-state index is -5.95. The molecule has 1 heterocycles. The number of nitrogens with one attached hydrogen (secondary N) is 1. The first-order chi connectivity index (χ1) is 18.6. The number of benzene rings is 5. The van der Waals surface area contributed by atoms with Gasteiger partial charge in [0.05, 0.1) is 4.47 Å².